The zero-order valence-electron chi connectivity index (χ0n) is 15.9. The Morgan fingerprint density at radius 3 is 2.59 bits per heavy atom. The lowest BCUT2D eigenvalue weighted by atomic mass is 9.97. The first kappa shape index (κ1) is 17.9. The fraction of sp³-hybridized carbons (Fsp3) is 0.476. The lowest BCUT2D eigenvalue weighted by molar-refractivity contribution is 0.00200. The minimum atomic E-state index is -0.375. The van der Waals surface area contributed by atoms with Gasteiger partial charge in [0.15, 0.2) is 0 Å². The fourth-order valence-electron chi connectivity index (χ4n) is 4.07. The van der Waals surface area contributed by atoms with Crippen molar-refractivity contribution in [3.8, 4) is 11.4 Å². The van der Waals surface area contributed by atoms with Crippen LogP contribution in [0.2, 0.25) is 0 Å². The zero-order valence-corrected chi connectivity index (χ0v) is 15.9. The number of aromatic nitrogens is 2. The molecule has 2 saturated heterocycles. The number of nitrogens with zero attached hydrogens (tertiary/aromatic N) is 3. The van der Waals surface area contributed by atoms with Gasteiger partial charge in [-0.25, -0.2) is 4.98 Å². The molecule has 1 amide bonds. The van der Waals surface area contributed by atoms with Gasteiger partial charge in [0.2, 0.25) is 0 Å². The van der Waals surface area contributed by atoms with Gasteiger partial charge in [-0.05, 0) is 33.2 Å². The molecule has 0 radical (unpaired) electrons. The third-order valence-electron chi connectivity index (χ3n) is 5.83. The normalized spacial score (nSPS) is 21.1. The van der Waals surface area contributed by atoms with Gasteiger partial charge in [0.05, 0.1) is 0 Å². The smallest absolute Gasteiger partial charge is 0.264 e. The molecule has 0 unspecified atom stereocenters. The van der Waals surface area contributed by atoms with E-state index in [0.29, 0.717) is 31.0 Å². The van der Waals surface area contributed by atoms with Crippen molar-refractivity contribution in [3.63, 3.8) is 0 Å². The number of hydrogen-bond acceptors (Lipinski definition) is 4. The highest BCUT2D eigenvalue weighted by Gasteiger charge is 2.38. The first-order chi connectivity index (χ1) is 13.0. The fourth-order valence-corrected chi connectivity index (χ4v) is 4.07. The predicted octanol–water partition coefficient (Wildman–Crippen LogP) is 2.44. The van der Waals surface area contributed by atoms with Crippen LogP contribution in [0.1, 0.15) is 42.1 Å². The molecular weight excluding hydrogens is 340 g/mol. The van der Waals surface area contributed by atoms with Gasteiger partial charge in [-0.3, -0.25) is 14.5 Å². The molecule has 6 heteroatoms. The van der Waals surface area contributed by atoms with Gasteiger partial charge in [-0.1, -0.05) is 36.2 Å². The molecule has 142 valence electrons. The first-order valence-corrected chi connectivity index (χ1v) is 9.74. The first-order valence-electron chi connectivity index (χ1n) is 9.74. The maximum atomic E-state index is 12.7. The van der Waals surface area contributed by atoms with E-state index in [0.717, 1.165) is 17.7 Å². The maximum absolute atomic E-state index is 12.7. The summed E-state index contributed by atoms with van der Waals surface area (Å²) in [4.78, 5) is 36.5. The van der Waals surface area contributed by atoms with Crippen molar-refractivity contribution in [2.24, 2.45) is 0 Å². The predicted molar refractivity (Wildman–Crippen MR) is 105 cm³/mol. The highest BCUT2D eigenvalue weighted by molar-refractivity contribution is 5.94. The van der Waals surface area contributed by atoms with Crippen LogP contribution >= 0.6 is 0 Å². The van der Waals surface area contributed by atoms with Crippen LogP contribution in [0.15, 0.2) is 35.3 Å². The third-order valence-corrected chi connectivity index (χ3v) is 5.83. The molecule has 1 aromatic carbocycles. The van der Waals surface area contributed by atoms with Crippen LogP contribution in [0.3, 0.4) is 0 Å². The molecule has 2 fully saturated rings. The Morgan fingerprint density at radius 2 is 1.93 bits per heavy atom. The standard InChI is InChI=1S/C21H26N4O2/c1-14-6-8-16(9-7-14)19-22-11-18(20(26)23-19)21(27)24-12-17(13-24)25-10-4-3-5-15(25)2/h6-9,11,15,17H,3-5,10,12-13H2,1-2H3,(H,22,23,26)/t15-/m1/s1. The number of piperidine rings is 1. The van der Waals surface area contributed by atoms with E-state index in [9.17, 15) is 9.59 Å². The molecule has 3 heterocycles. The molecule has 1 N–H and O–H groups in total. The summed E-state index contributed by atoms with van der Waals surface area (Å²) in [5, 5.41) is 0. The van der Waals surface area contributed by atoms with Crippen molar-refractivity contribution in [1.82, 2.24) is 19.8 Å². The number of aromatic amines is 1. The van der Waals surface area contributed by atoms with Crippen LogP contribution in [0.5, 0.6) is 0 Å². The average molecular weight is 366 g/mol. The molecule has 0 saturated carbocycles. The summed E-state index contributed by atoms with van der Waals surface area (Å²) in [7, 11) is 0. The van der Waals surface area contributed by atoms with E-state index in [-0.39, 0.29) is 17.0 Å². The zero-order chi connectivity index (χ0) is 19.0. The van der Waals surface area contributed by atoms with Crippen LogP contribution in [0.25, 0.3) is 11.4 Å². The number of H-pyrrole nitrogens is 1. The highest BCUT2D eigenvalue weighted by Crippen LogP contribution is 2.25. The second-order valence-corrected chi connectivity index (χ2v) is 7.79. The number of nitrogens with one attached hydrogen (secondary N) is 1. The van der Waals surface area contributed by atoms with Crippen molar-refractivity contribution < 1.29 is 4.79 Å². The molecule has 4 rings (SSSR count). The maximum Gasteiger partial charge on any atom is 0.264 e. The molecule has 1 atom stereocenters. The summed E-state index contributed by atoms with van der Waals surface area (Å²) < 4.78 is 0. The van der Waals surface area contributed by atoms with E-state index < -0.39 is 0 Å². The lowest BCUT2D eigenvalue weighted by Gasteiger charge is -2.49. The number of carbonyl (C=O) groups is 1. The van der Waals surface area contributed by atoms with Gasteiger partial charge in [-0.15, -0.1) is 0 Å². The monoisotopic (exact) mass is 366 g/mol. The summed E-state index contributed by atoms with van der Waals surface area (Å²) in [5.74, 6) is 0.264. The van der Waals surface area contributed by atoms with Crippen LogP contribution < -0.4 is 5.56 Å². The number of hydrogen-bond donors (Lipinski definition) is 1. The molecule has 27 heavy (non-hydrogen) atoms. The van der Waals surface area contributed by atoms with Gasteiger partial charge < -0.3 is 9.88 Å². The number of benzene rings is 1. The van der Waals surface area contributed by atoms with Crippen molar-refractivity contribution in [1.29, 1.82) is 0 Å². The van der Waals surface area contributed by atoms with Crippen molar-refractivity contribution in [3.05, 3.63) is 51.9 Å². The Morgan fingerprint density at radius 1 is 1.19 bits per heavy atom. The van der Waals surface area contributed by atoms with Crippen molar-refractivity contribution in [2.45, 2.75) is 45.2 Å². The van der Waals surface area contributed by atoms with Crippen LogP contribution in [-0.4, -0.2) is 57.4 Å². The average Bonchev–Trinajstić information content (AvgIpc) is 2.62. The topological polar surface area (TPSA) is 69.3 Å². The van der Waals surface area contributed by atoms with Crippen molar-refractivity contribution in [2.75, 3.05) is 19.6 Å². The van der Waals surface area contributed by atoms with Gasteiger partial charge in [-0.2, -0.15) is 0 Å². The number of amides is 1. The second-order valence-electron chi connectivity index (χ2n) is 7.79. The number of likely N-dealkylation sites (tertiary alicyclic amines) is 2. The molecular formula is C21H26N4O2. The molecule has 1 aromatic heterocycles. The SMILES string of the molecule is Cc1ccc(-c2ncc(C(=O)N3CC(N4CCCC[C@H]4C)C3)c(=O)[nH]2)cc1. The molecule has 0 aliphatic carbocycles. The van der Waals surface area contributed by atoms with E-state index in [1.807, 2.05) is 31.2 Å². The number of rotatable bonds is 3. The van der Waals surface area contributed by atoms with Crippen molar-refractivity contribution >= 4 is 5.91 Å². The minimum Gasteiger partial charge on any atom is -0.335 e. The molecule has 2 aromatic rings. The Labute approximate surface area is 159 Å². The Hall–Kier alpha value is -2.47. The van der Waals surface area contributed by atoms with E-state index in [1.54, 1.807) is 4.90 Å². The summed E-state index contributed by atoms with van der Waals surface area (Å²) in [5.41, 5.74) is 1.72. The summed E-state index contributed by atoms with van der Waals surface area (Å²) in [6.45, 7) is 6.78. The molecule has 0 bridgehead atoms. The van der Waals surface area contributed by atoms with Gasteiger partial charge in [0.1, 0.15) is 11.4 Å². The van der Waals surface area contributed by atoms with Crippen LogP contribution in [-0.2, 0) is 0 Å². The number of aryl methyl sites for hydroxylation is 1. The van der Waals surface area contributed by atoms with E-state index in [1.165, 1.54) is 25.5 Å². The molecule has 0 spiro atoms. The number of carbonyl (C=O) groups excluding carboxylic acids is 1. The Kier molecular flexibility index (Phi) is 4.83. The quantitative estimate of drug-likeness (QED) is 0.906. The Balaban J connectivity index is 1.44. The second kappa shape index (κ2) is 7.27. The lowest BCUT2D eigenvalue weighted by Crippen LogP contribution is -2.63. The highest BCUT2D eigenvalue weighted by atomic mass is 16.2. The van der Waals surface area contributed by atoms with Gasteiger partial charge >= 0.3 is 0 Å². The molecule has 6 nitrogen and oxygen atoms in total. The van der Waals surface area contributed by atoms with E-state index in [4.69, 9.17) is 0 Å². The summed E-state index contributed by atoms with van der Waals surface area (Å²) in [6, 6.07) is 8.76. The Bertz CT molecular complexity index is 884. The summed E-state index contributed by atoms with van der Waals surface area (Å²) in [6.07, 6.45) is 5.17. The van der Waals surface area contributed by atoms with Gasteiger partial charge in [0.25, 0.3) is 11.5 Å². The largest absolute Gasteiger partial charge is 0.335 e. The third kappa shape index (κ3) is 3.54. The molecule has 2 aliphatic rings. The van der Waals surface area contributed by atoms with Crippen LogP contribution in [0, 0.1) is 6.92 Å². The van der Waals surface area contributed by atoms with Crippen LogP contribution in [0.4, 0.5) is 0 Å². The van der Waals surface area contributed by atoms with E-state index in [2.05, 4.69) is 21.8 Å². The molecule has 2 aliphatic heterocycles. The van der Waals surface area contributed by atoms with E-state index >= 15 is 0 Å². The van der Waals surface area contributed by atoms with Gasteiger partial charge in [0, 0.05) is 36.9 Å². The summed E-state index contributed by atoms with van der Waals surface area (Å²) >= 11 is 0. The minimum absolute atomic E-state index is 0.121.